The number of benzene rings is 2. The molecule has 2 aromatic carbocycles. The Hall–Kier alpha value is -2.51. The van der Waals surface area contributed by atoms with Gasteiger partial charge in [-0.3, -0.25) is 4.79 Å². The number of ether oxygens (including phenoxy) is 2. The summed E-state index contributed by atoms with van der Waals surface area (Å²) in [6.45, 7) is 7.04. The van der Waals surface area contributed by atoms with Crippen molar-refractivity contribution in [3.05, 3.63) is 53.6 Å². The van der Waals surface area contributed by atoms with Gasteiger partial charge in [-0.25, -0.2) is 4.79 Å². The Labute approximate surface area is 175 Å². The zero-order valence-electron chi connectivity index (χ0n) is 16.9. The molecule has 1 heterocycles. The fourth-order valence-electron chi connectivity index (χ4n) is 3.28. The van der Waals surface area contributed by atoms with Crippen LogP contribution in [0.2, 0.25) is 0 Å². The Balaban J connectivity index is 1.82. The smallest absolute Gasteiger partial charge is 0.332 e. The van der Waals surface area contributed by atoms with E-state index in [0.29, 0.717) is 13.1 Å². The topological polar surface area (TPSA) is 67.9 Å². The van der Waals surface area contributed by atoms with Crippen LogP contribution in [-0.2, 0) is 19.1 Å². The SMILES string of the molecule is CC(=O)OCOC(=O)C1CNCCN1c1ccccc1Sc1ccc(C)cc1C. The Bertz CT molecular complexity index is 887. The average molecular weight is 415 g/mol. The normalized spacial score (nSPS) is 16.4. The van der Waals surface area contributed by atoms with E-state index in [1.807, 2.05) is 18.2 Å². The van der Waals surface area contributed by atoms with E-state index < -0.39 is 18.0 Å². The quantitative estimate of drug-likeness (QED) is 0.575. The molecule has 1 atom stereocenters. The van der Waals surface area contributed by atoms with Gasteiger partial charge in [0, 0.05) is 36.3 Å². The van der Waals surface area contributed by atoms with Gasteiger partial charge in [-0.1, -0.05) is 41.6 Å². The molecule has 1 saturated heterocycles. The number of rotatable bonds is 6. The molecule has 0 radical (unpaired) electrons. The fraction of sp³-hybridized carbons (Fsp3) is 0.364. The van der Waals surface area contributed by atoms with Crippen molar-refractivity contribution < 1.29 is 19.1 Å². The number of hydrogen-bond acceptors (Lipinski definition) is 7. The molecule has 1 unspecified atom stereocenters. The van der Waals surface area contributed by atoms with Gasteiger partial charge in [-0.2, -0.15) is 0 Å². The Kier molecular flexibility index (Phi) is 7.17. The molecule has 29 heavy (non-hydrogen) atoms. The summed E-state index contributed by atoms with van der Waals surface area (Å²) in [6, 6.07) is 14.0. The molecule has 1 N–H and O–H groups in total. The third-order valence-corrected chi connectivity index (χ3v) is 5.95. The van der Waals surface area contributed by atoms with E-state index in [1.165, 1.54) is 22.9 Å². The summed E-state index contributed by atoms with van der Waals surface area (Å²) < 4.78 is 9.91. The number of carbonyl (C=O) groups is 2. The molecule has 1 fully saturated rings. The van der Waals surface area contributed by atoms with E-state index in [-0.39, 0.29) is 6.79 Å². The van der Waals surface area contributed by atoms with Crippen molar-refractivity contribution in [1.29, 1.82) is 0 Å². The number of para-hydroxylation sites is 1. The number of piperazine rings is 1. The van der Waals surface area contributed by atoms with Crippen LogP contribution in [0, 0.1) is 13.8 Å². The van der Waals surface area contributed by atoms with Crippen molar-refractivity contribution in [3.8, 4) is 0 Å². The lowest BCUT2D eigenvalue weighted by Crippen LogP contribution is -2.56. The molecule has 1 aliphatic rings. The van der Waals surface area contributed by atoms with E-state index in [9.17, 15) is 9.59 Å². The van der Waals surface area contributed by atoms with Crippen LogP contribution in [0.5, 0.6) is 0 Å². The maximum atomic E-state index is 12.6. The largest absolute Gasteiger partial charge is 0.428 e. The van der Waals surface area contributed by atoms with Gasteiger partial charge in [0.05, 0.1) is 5.69 Å². The predicted molar refractivity (Wildman–Crippen MR) is 113 cm³/mol. The van der Waals surface area contributed by atoms with Crippen LogP contribution in [0.3, 0.4) is 0 Å². The first-order chi connectivity index (χ1) is 14.0. The number of nitrogens with zero attached hydrogens (tertiary/aromatic N) is 1. The minimum Gasteiger partial charge on any atom is -0.428 e. The summed E-state index contributed by atoms with van der Waals surface area (Å²) >= 11 is 1.70. The predicted octanol–water partition coefficient (Wildman–Crippen LogP) is 3.30. The van der Waals surface area contributed by atoms with Gasteiger partial charge in [0.15, 0.2) is 0 Å². The summed E-state index contributed by atoms with van der Waals surface area (Å²) in [5.41, 5.74) is 3.45. The highest BCUT2D eigenvalue weighted by molar-refractivity contribution is 7.99. The Morgan fingerprint density at radius 1 is 1.14 bits per heavy atom. The number of hydrogen-bond donors (Lipinski definition) is 1. The van der Waals surface area contributed by atoms with Gasteiger partial charge in [0.1, 0.15) is 6.04 Å². The van der Waals surface area contributed by atoms with Crippen molar-refractivity contribution in [3.63, 3.8) is 0 Å². The number of esters is 2. The monoisotopic (exact) mass is 414 g/mol. The van der Waals surface area contributed by atoms with Gasteiger partial charge in [-0.05, 0) is 37.6 Å². The minimum absolute atomic E-state index is 0.364. The maximum Gasteiger partial charge on any atom is 0.332 e. The van der Waals surface area contributed by atoms with Crippen LogP contribution in [0.1, 0.15) is 18.1 Å². The molecule has 0 aliphatic carbocycles. The fourth-order valence-corrected chi connectivity index (χ4v) is 4.31. The van der Waals surface area contributed by atoms with Gasteiger partial charge in [0.2, 0.25) is 6.79 Å². The average Bonchev–Trinajstić information content (AvgIpc) is 2.70. The molecular formula is C22H26N2O4S. The summed E-state index contributed by atoms with van der Waals surface area (Å²) in [4.78, 5) is 27.9. The van der Waals surface area contributed by atoms with E-state index in [1.54, 1.807) is 11.8 Å². The van der Waals surface area contributed by atoms with E-state index in [4.69, 9.17) is 9.47 Å². The first kappa shape index (κ1) is 21.2. The molecule has 3 rings (SSSR count). The highest BCUT2D eigenvalue weighted by Gasteiger charge is 2.31. The van der Waals surface area contributed by atoms with Crippen LogP contribution in [0.4, 0.5) is 5.69 Å². The summed E-state index contributed by atoms with van der Waals surface area (Å²) in [5.74, 6) is -0.892. The highest BCUT2D eigenvalue weighted by atomic mass is 32.2. The minimum atomic E-state index is -0.486. The third kappa shape index (κ3) is 5.52. The molecule has 7 heteroatoms. The van der Waals surface area contributed by atoms with Crippen LogP contribution < -0.4 is 10.2 Å². The lowest BCUT2D eigenvalue weighted by Gasteiger charge is -2.37. The maximum absolute atomic E-state index is 12.6. The molecule has 0 aromatic heterocycles. The molecule has 2 aromatic rings. The second-order valence-corrected chi connectivity index (χ2v) is 8.05. The van der Waals surface area contributed by atoms with Crippen LogP contribution in [0.15, 0.2) is 52.3 Å². The molecule has 6 nitrogen and oxygen atoms in total. The second kappa shape index (κ2) is 9.80. The molecule has 154 valence electrons. The van der Waals surface area contributed by atoms with Gasteiger partial charge in [0.25, 0.3) is 0 Å². The van der Waals surface area contributed by atoms with Gasteiger partial charge >= 0.3 is 11.9 Å². The van der Waals surface area contributed by atoms with Crippen LogP contribution in [0.25, 0.3) is 0 Å². The van der Waals surface area contributed by atoms with E-state index in [2.05, 4.69) is 48.3 Å². The standard InChI is InChI=1S/C22H26N2O4S/c1-15-8-9-20(16(2)12-15)29-21-7-5-4-6-18(21)24-11-10-23-13-19(24)22(26)28-14-27-17(3)25/h4-9,12,19,23H,10-11,13-14H2,1-3H3. The number of aryl methyl sites for hydroxylation is 2. The molecule has 0 bridgehead atoms. The molecular weight excluding hydrogens is 388 g/mol. The third-order valence-electron chi connectivity index (χ3n) is 4.70. The van der Waals surface area contributed by atoms with Crippen LogP contribution >= 0.6 is 11.8 Å². The van der Waals surface area contributed by atoms with Crippen molar-refractivity contribution in [2.75, 3.05) is 31.3 Å². The molecule has 0 amide bonds. The van der Waals surface area contributed by atoms with Gasteiger partial charge in [-0.15, -0.1) is 0 Å². The van der Waals surface area contributed by atoms with E-state index in [0.717, 1.165) is 17.1 Å². The van der Waals surface area contributed by atoms with Crippen molar-refractivity contribution in [1.82, 2.24) is 5.32 Å². The second-order valence-electron chi connectivity index (χ2n) is 6.97. The lowest BCUT2D eigenvalue weighted by atomic mass is 10.1. The first-order valence-electron chi connectivity index (χ1n) is 9.57. The van der Waals surface area contributed by atoms with E-state index >= 15 is 0 Å². The summed E-state index contributed by atoms with van der Waals surface area (Å²) in [5, 5.41) is 3.24. The number of anilines is 1. The highest BCUT2D eigenvalue weighted by Crippen LogP contribution is 2.38. The Morgan fingerprint density at radius 3 is 2.69 bits per heavy atom. The summed E-state index contributed by atoms with van der Waals surface area (Å²) in [6.07, 6.45) is 0. The molecule has 0 spiro atoms. The zero-order chi connectivity index (χ0) is 20.8. The number of nitrogens with one attached hydrogen (secondary N) is 1. The van der Waals surface area contributed by atoms with Crippen molar-refractivity contribution >= 4 is 29.4 Å². The molecule has 1 aliphatic heterocycles. The zero-order valence-corrected chi connectivity index (χ0v) is 17.8. The van der Waals surface area contributed by atoms with Crippen LogP contribution in [-0.4, -0.2) is 44.4 Å². The number of carbonyl (C=O) groups excluding carboxylic acids is 2. The van der Waals surface area contributed by atoms with Crippen molar-refractivity contribution in [2.24, 2.45) is 0 Å². The van der Waals surface area contributed by atoms with Crippen molar-refractivity contribution in [2.45, 2.75) is 36.6 Å². The molecule has 0 saturated carbocycles. The first-order valence-corrected chi connectivity index (χ1v) is 10.4. The van der Waals surface area contributed by atoms with Gasteiger partial charge < -0.3 is 19.7 Å². The lowest BCUT2D eigenvalue weighted by molar-refractivity contribution is -0.166. The summed E-state index contributed by atoms with van der Waals surface area (Å²) in [7, 11) is 0. The Morgan fingerprint density at radius 2 is 1.93 bits per heavy atom.